The maximum Gasteiger partial charge on any atom is 0.255 e. The Bertz CT molecular complexity index is 1440. The van der Waals surface area contributed by atoms with E-state index in [0.29, 0.717) is 48.9 Å². The number of carbonyl (C=O) groups is 1. The van der Waals surface area contributed by atoms with E-state index in [2.05, 4.69) is 15.3 Å². The third kappa shape index (κ3) is 4.21. The third-order valence-corrected chi connectivity index (χ3v) is 7.78. The second-order valence-electron chi connectivity index (χ2n) is 8.10. The van der Waals surface area contributed by atoms with Crippen LogP contribution in [-0.4, -0.2) is 54.9 Å². The van der Waals surface area contributed by atoms with E-state index in [1.807, 2.05) is 42.5 Å². The summed E-state index contributed by atoms with van der Waals surface area (Å²) in [5, 5.41) is 2.94. The molecule has 0 unspecified atom stereocenters. The summed E-state index contributed by atoms with van der Waals surface area (Å²) in [5.74, 6) is 0.248. The normalized spacial score (nSPS) is 14.9. The molecular formula is C25H24N4O4S. The number of aromatic nitrogens is 2. The number of anilines is 1. The Kier molecular flexibility index (Phi) is 5.91. The Morgan fingerprint density at radius 2 is 1.76 bits per heavy atom. The SMILES string of the molecule is Cc1ccc(S(=O)(=O)N2CCOCC2)cc1C(=O)Nc1ccccc1-c1nc2ccccc2[nH]1. The average molecular weight is 477 g/mol. The number of sulfonamides is 1. The lowest BCUT2D eigenvalue weighted by atomic mass is 10.1. The quantitative estimate of drug-likeness (QED) is 0.456. The summed E-state index contributed by atoms with van der Waals surface area (Å²) in [4.78, 5) is 21.3. The minimum Gasteiger partial charge on any atom is -0.379 e. The van der Waals surface area contributed by atoms with Gasteiger partial charge in [-0.25, -0.2) is 13.4 Å². The van der Waals surface area contributed by atoms with Gasteiger partial charge in [0.2, 0.25) is 10.0 Å². The monoisotopic (exact) mass is 476 g/mol. The van der Waals surface area contributed by atoms with Crippen LogP contribution in [0.1, 0.15) is 15.9 Å². The molecule has 3 aromatic carbocycles. The third-order valence-electron chi connectivity index (χ3n) is 5.88. The molecule has 0 spiro atoms. The Labute approximate surface area is 197 Å². The molecule has 1 fully saturated rings. The zero-order chi connectivity index (χ0) is 23.7. The van der Waals surface area contributed by atoms with Crippen molar-refractivity contribution in [3.05, 3.63) is 77.9 Å². The van der Waals surface area contributed by atoms with Crippen LogP contribution < -0.4 is 5.32 Å². The summed E-state index contributed by atoms with van der Waals surface area (Å²) in [6.07, 6.45) is 0. The van der Waals surface area contributed by atoms with E-state index >= 15 is 0 Å². The molecule has 0 saturated carbocycles. The minimum absolute atomic E-state index is 0.0933. The number of H-pyrrole nitrogens is 1. The number of carbonyl (C=O) groups excluding carboxylic acids is 1. The molecule has 9 heteroatoms. The first-order valence-corrected chi connectivity index (χ1v) is 12.4. The van der Waals surface area contributed by atoms with Crippen LogP contribution in [0, 0.1) is 6.92 Å². The predicted molar refractivity (Wildman–Crippen MR) is 130 cm³/mol. The van der Waals surface area contributed by atoms with Gasteiger partial charge in [-0.15, -0.1) is 0 Å². The van der Waals surface area contributed by atoms with Crippen molar-refractivity contribution in [3.8, 4) is 11.4 Å². The summed E-state index contributed by atoms with van der Waals surface area (Å²) in [6, 6.07) is 19.7. The maximum absolute atomic E-state index is 13.3. The van der Waals surface area contributed by atoms with Gasteiger partial charge in [-0.1, -0.05) is 30.3 Å². The standard InChI is InChI=1S/C25H24N4O4S/c1-17-10-11-18(34(31,32)29-12-14-33-15-13-29)16-20(17)25(30)28-21-7-3-2-6-19(21)24-26-22-8-4-5-9-23(22)27-24/h2-11,16H,12-15H2,1H3,(H,26,27)(H,28,30). The molecular weight excluding hydrogens is 452 g/mol. The molecule has 0 radical (unpaired) electrons. The molecule has 0 atom stereocenters. The number of amides is 1. The van der Waals surface area contributed by atoms with Crippen LogP contribution in [0.5, 0.6) is 0 Å². The van der Waals surface area contributed by atoms with Crippen molar-refractivity contribution in [2.24, 2.45) is 0 Å². The van der Waals surface area contributed by atoms with Gasteiger partial charge in [0, 0.05) is 24.2 Å². The molecule has 34 heavy (non-hydrogen) atoms. The van der Waals surface area contributed by atoms with Crippen LogP contribution >= 0.6 is 0 Å². The number of para-hydroxylation sites is 3. The van der Waals surface area contributed by atoms with Crippen LogP contribution in [0.25, 0.3) is 22.4 Å². The van der Waals surface area contributed by atoms with Gasteiger partial charge in [0.1, 0.15) is 5.82 Å². The van der Waals surface area contributed by atoms with Crippen LogP contribution in [0.3, 0.4) is 0 Å². The zero-order valence-electron chi connectivity index (χ0n) is 18.6. The number of rotatable bonds is 5. The van der Waals surface area contributed by atoms with Gasteiger partial charge in [-0.3, -0.25) is 4.79 Å². The number of fused-ring (bicyclic) bond motifs is 1. The molecule has 2 heterocycles. The Morgan fingerprint density at radius 1 is 1.03 bits per heavy atom. The second kappa shape index (κ2) is 9.02. The highest BCUT2D eigenvalue weighted by Crippen LogP contribution is 2.29. The number of nitrogens with one attached hydrogen (secondary N) is 2. The topological polar surface area (TPSA) is 104 Å². The van der Waals surface area contributed by atoms with E-state index in [9.17, 15) is 13.2 Å². The van der Waals surface area contributed by atoms with Crippen LogP contribution in [-0.2, 0) is 14.8 Å². The number of hydrogen-bond acceptors (Lipinski definition) is 5. The second-order valence-corrected chi connectivity index (χ2v) is 10.0. The Morgan fingerprint density at radius 3 is 2.56 bits per heavy atom. The smallest absolute Gasteiger partial charge is 0.255 e. The fourth-order valence-corrected chi connectivity index (χ4v) is 5.45. The van der Waals surface area contributed by atoms with Crippen LogP contribution in [0.2, 0.25) is 0 Å². The average Bonchev–Trinajstić information content (AvgIpc) is 3.29. The highest BCUT2D eigenvalue weighted by molar-refractivity contribution is 7.89. The number of morpholine rings is 1. The van der Waals surface area contributed by atoms with Crippen molar-refractivity contribution in [2.75, 3.05) is 31.6 Å². The molecule has 0 aliphatic carbocycles. The van der Waals surface area contributed by atoms with Crippen molar-refractivity contribution in [1.29, 1.82) is 0 Å². The van der Waals surface area contributed by atoms with E-state index in [-0.39, 0.29) is 10.8 Å². The predicted octanol–water partition coefficient (Wildman–Crippen LogP) is 3.81. The number of aromatic amines is 1. The molecule has 0 bridgehead atoms. The number of nitrogens with zero attached hydrogens (tertiary/aromatic N) is 2. The molecule has 4 aromatic rings. The molecule has 1 amide bonds. The largest absolute Gasteiger partial charge is 0.379 e. The zero-order valence-corrected chi connectivity index (χ0v) is 19.4. The van der Waals surface area contributed by atoms with Gasteiger partial charge in [0.05, 0.1) is 34.8 Å². The first kappa shape index (κ1) is 22.3. The van der Waals surface area contributed by atoms with Crippen molar-refractivity contribution in [2.45, 2.75) is 11.8 Å². The summed E-state index contributed by atoms with van der Waals surface area (Å²) < 4.78 is 32.8. The van der Waals surface area contributed by atoms with Gasteiger partial charge >= 0.3 is 0 Å². The first-order chi connectivity index (χ1) is 16.4. The van der Waals surface area contributed by atoms with Crippen molar-refractivity contribution in [3.63, 3.8) is 0 Å². The molecule has 8 nitrogen and oxygen atoms in total. The van der Waals surface area contributed by atoms with Crippen molar-refractivity contribution >= 4 is 32.7 Å². The highest BCUT2D eigenvalue weighted by Gasteiger charge is 2.27. The van der Waals surface area contributed by atoms with E-state index in [1.54, 1.807) is 25.1 Å². The first-order valence-electron chi connectivity index (χ1n) is 11.0. The minimum atomic E-state index is -3.72. The molecule has 1 aliphatic heterocycles. The lowest BCUT2D eigenvalue weighted by Gasteiger charge is -2.26. The fraction of sp³-hybridized carbons (Fsp3) is 0.200. The van der Waals surface area contributed by atoms with Gasteiger partial charge < -0.3 is 15.0 Å². The molecule has 1 aliphatic rings. The van der Waals surface area contributed by atoms with Gasteiger partial charge in [-0.05, 0) is 48.9 Å². The molecule has 1 aromatic heterocycles. The van der Waals surface area contributed by atoms with Crippen LogP contribution in [0.4, 0.5) is 5.69 Å². The molecule has 174 valence electrons. The van der Waals surface area contributed by atoms with Crippen molar-refractivity contribution in [1.82, 2.24) is 14.3 Å². The van der Waals surface area contributed by atoms with Crippen molar-refractivity contribution < 1.29 is 17.9 Å². The van der Waals surface area contributed by atoms with Crippen LogP contribution in [0.15, 0.2) is 71.6 Å². The van der Waals surface area contributed by atoms with E-state index in [4.69, 9.17) is 4.74 Å². The van der Waals surface area contributed by atoms with E-state index in [0.717, 1.165) is 16.6 Å². The molecule has 2 N–H and O–H groups in total. The fourth-order valence-electron chi connectivity index (χ4n) is 4.01. The lowest BCUT2D eigenvalue weighted by Crippen LogP contribution is -2.40. The summed E-state index contributed by atoms with van der Waals surface area (Å²) >= 11 is 0. The van der Waals surface area contributed by atoms with E-state index in [1.165, 1.54) is 10.4 Å². The number of ether oxygens (including phenoxy) is 1. The number of imidazole rings is 1. The van der Waals surface area contributed by atoms with Gasteiger partial charge in [0.25, 0.3) is 5.91 Å². The summed E-state index contributed by atoms with van der Waals surface area (Å²) in [6.45, 7) is 3.09. The Hall–Kier alpha value is -3.53. The summed E-state index contributed by atoms with van der Waals surface area (Å²) in [7, 11) is -3.72. The number of benzene rings is 3. The highest BCUT2D eigenvalue weighted by atomic mass is 32.2. The Balaban J connectivity index is 1.46. The summed E-state index contributed by atoms with van der Waals surface area (Å²) in [5.41, 5.74) is 4.02. The number of aryl methyl sites for hydroxylation is 1. The maximum atomic E-state index is 13.3. The molecule has 1 saturated heterocycles. The lowest BCUT2D eigenvalue weighted by molar-refractivity contribution is 0.0730. The van der Waals surface area contributed by atoms with Gasteiger partial charge in [0.15, 0.2) is 0 Å². The number of hydrogen-bond donors (Lipinski definition) is 2. The van der Waals surface area contributed by atoms with E-state index < -0.39 is 10.0 Å². The molecule has 5 rings (SSSR count). The van der Waals surface area contributed by atoms with Gasteiger partial charge in [-0.2, -0.15) is 4.31 Å².